The summed E-state index contributed by atoms with van der Waals surface area (Å²) in [5.41, 5.74) is 0.764. The van der Waals surface area contributed by atoms with Gasteiger partial charge in [-0.2, -0.15) is 0 Å². The second-order valence-electron chi connectivity index (χ2n) is 1.92. The van der Waals surface area contributed by atoms with Crippen LogP contribution in [0.3, 0.4) is 0 Å². The van der Waals surface area contributed by atoms with Crippen molar-refractivity contribution >= 4 is 11.7 Å². The Morgan fingerprint density at radius 2 is 2.11 bits per heavy atom. The van der Waals surface area contributed by atoms with Crippen LogP contribution in [-0.2, 0) is 9.53 Å². The van der Waals surface area contributed by atoms with Gasteiger partial charge in [-0.3, -0.25) is 10.2 Å². The van der Waals surface area contributed by atoms with Gasteiger partial charge in [0.25, 0.3) is 0 Å². The van der Waals surface area contributed by atoms with E-state index in [1.54, 1.807) is 6.92 Å². The van der Waals surface area contributed by atoms with Crippen LogP contribution in [0.1, 0.15) is 19.8 Å². The first kappa shape index (κ1) is 8.14. The number of carbonyl (C=O) groups excluding carboxylic acids is 1. The number of carbonyl (C=O) groups is 1. The minimum atomic E-state index is -0.209. The van der Waals surface area contributed by atoms with Gasteiger partial charge in [0.1, 0.15) is 5.71 Å². The standard InChI is InChI=1S/C6H11NO2/c1-5(7)3-4-6(8)9-2/h7H,3-4H2,1-2H3/p+1. The molecular weight excluding hydrogens is 118 g/mol. The first-order valence-corrected chi connectivity index (χ1v) is 2.81. The normalized spacial score (nSPS) is 8.67. The summed E-state index contributed by atoms with van der Waals surface area (Å²) < 4.78 is 4.39. The number of esters is 1. The Labute approximate surface area is 54.5 Å². The smallest absolute Gasteiger partial charge is 0.306 e. The third kappa shape index (κ3) is 5.00. The van der Waals surface area contributed by atoms with Crippen molar-refractivity contribution in [2.75, 3.05) is 7.11 Å². The lowest BCUT2D eigenvalue weighted by atomic mass is 10.2. The number of rotatable bonds is 3. The number of ether oxygens (including phenoxy) is 1. The van der Waals surface area contributed by atoms with Crippen molar-refractivity contribution in [3.05, 3.63) is 0 Å². The van der Waals surface area contributed by atoms with Crippen LogP contribution in [0.2, 0.25) is 0 Å². The quantitative estimate of drug-likeness (QED) is 0.400. The Hall–Kier alpha value is -0.860. The fourth-order valence-electron chi connectivity index (χ4n) is 0.401. The van der Waals surface area contributed by atoms with E-state index in [9.17, 15) is 4.79 Å². The van der Waals surface area contributed by atoms with Crippen LogP contribution in [0.4, 0.5) is 0 Å². The molecule has 0 aromatic heterocycles. The monoisotopic (exact) mass is 130 g/mol. The summed E-state index contributed by atoms with van der Waals surface area (Å²) in [5, 5.41) is 5.30. The lowest BCUT2D eigenvalue weighted by molar-refractivity contribution is -0.141. The average molecular weight is 130 g/mol. The van der Waals surface area contributed by atoms with Gasteiger partial charge in [-0.25, -0.2) is 0 Å². The molecule has 0 aliphatic rings. The van der Waals surface area contributed by atoms with E-state index < -0.39 is 0 Å². The molecule has 0 heterocycles. The highest BCUT2D eigenvalue weighted by atomic mass is 16.5. The molecule has 9 heavy (non-hydrogen) atoms. The van der Waals surface area contributed by atoms with E-state index in [0.29, 0.717) is 12.8 Å². The number of methoxy groups -OCH3 is 1. The summed E-state index contributed by atoms with van der Waals surface area (Å²) in [6, 6.07) is 0. The highest BCUT2D eigenvalue weighted by molar-refractivity contribution is 5.80. The van der Waals surface area contributed by atoms with Crippen LogP contribution < -0.4 is 5.41 Å². The molecule has 2 N–H and O–H groups in total. The van der Waals surface area contributed by atoms with Gasteiger partial charge >= 0.3 is 5.97 Å². The van der Waals surface area contributed by atoms with E-state index in [4.69, 9.17) is 5.41 Å². The topological polar surface area (TPSA) is 51.9 Å². The summed E-state index contributed by atoms with van der Waals surface area (Å²) in [6.07, 6.45) is 1.01. The molecule has 0 fully saturated rings. The maximum Gasteiger partial charge on any atom is 0.306 e. The predicted molar refractivity (Wildman–Crippen MR) is 33.9 cm³/mol. The lowest BCUT2D eigenvalue weighted by Gasteiger charge is -1.92. The maximum atomic E-state index is 10.4. The highest BCUT2D eigenvalue weighted by Gasteiger charge is 2.01. The van der Waals surface area contributed by atoms with Gasteiger partial charge in [-0.05, 0) is 0 Å². The summed E-state index contributed by atoms with van der Waals surface area (Å²) in [7, 11) is 1.37. The molecule has 0 saturated heterocycles. The Morgan fingerprint density at radius 1 is 1.56 bits per heavy atom. The van der Waals surface area contributed by atoms with Crippen molar-refractivity contribution in [3.8, 4) is 0 Å². The maximum absolute atomic E-state index is 10.4. The van der Waals surface area contributed by atoms with E-state index >= 15 is 0 Å². The fourth-order valence-corrected chi connectivity index (χ4v) is 0.401. The zero-order chi connectivity index (χ0) is 7.28. The molecule has 52 valence electrons. The van der Waals surface area contributed by atoms with Gasteiger partial charge in [0.15, 0.2) is 0 Å². The van der Waals surface area contributed by atoms with Gasteiger partial charge in [-0.1, -0.05) is 0 Å². The van der Waals surface area contributed by atoms with E-state index in [2.05, 4.69) is 4.74 Å². The van der Waals surface area contributed by atoms with Crippen LogP contribution >= 0.6 is 0 Å². The predicted octanol–water partition coefficient (Wildman–Crippen LogP) is -0.840. The number of nitrogens with two attached hydrogens (primary N) is 1. The second kappa shape index (κ2) is 4.06. The van der Waals surface area contributed by atoms with Crippen molar-refractivity contribution in [2.45, 2.75) is 19.8 Å². The SMILES string of the molecule is COC(=O)CCC(C)=[NH2+]. The van der Waals surface area contributed by atoms with Gasteiger partial charge in [0, 0.05) is 13.3 Å². The Bertz CT molecular complexity index is 120. The molecule has 3 nitrogen and oxygen atoms in total. The van der Waals surface area contributed by atoms with Gasteiger partial charge < -0.3 is 4.74 Å². The third-order valence-electron chi connectivity index (χ3n) is 0.951. The summed E-state index contributed by atoms with van der Waals surface area (Å²) in [4.78, 5) is 10.4. The molecule has 0 aromatic carbocycles. The van der Waals surface area contributed by atoms with E-state index in [0.717, 1.165) is 5.71 Å². The first-order chi connectivity index (χ1) is 4.16. The Balaban J connectivity index is 3.28. The summed E-state index contributed by atoms with van der Waals surface area (Å²) in [5.74, 6) is -0.209. The van der Waals surface area contributed by atoms with Crippen molar-refractivity contribution in [1.82, 2.24) is 0 Å². The number of hydrogen-bond donors (Lipinski definition) is 1. The van der Waals surface area contributed by atoms with Gasteiger partial charge in [0.05, 0.1) is 13.5 Å². The second-order valence-corrected chi connectivity index (χ2v) is 1.92. The largest absolute Gasteiger partial charge is 0.469 e. The zero-order valence-electron chi connectivity index (χ0n) is 5.81. The average Bonchev–Trinajstić information content (AvgIpc) is 1.83. The highest BCUT2D eigenvalue weighted by Crippen LogP contribution is 1.89. The fraction of sp³-hybridized carbons (Fsp3) is 0.667. The zero-order valence-corrected chi connectivity index (χ0v) is 5.81. The molecule has 0 aliphatic carbocycles. The van der Waals surface area contributed by atoms with Crippen LogP contribution in [0.15, 0.2) is 0 Å². The molecule has 0 atom stereocenters. The molecule has 0 unspecified atom stereocenters. The minimum Gasteiger partial charge on any atom is -0.469 e. The minimum absolute atomic E-state index is 0.209. The Kier molecular flexibility index (Phi) is 3.67. The summed E-state index contributed by atoms with van der Waals surface area (Å²) >= 11 is 0. The van der Waals surface area contributed by atoms with Crippen LogP contribution in [-0.4, -0.2) is 18.8 Å². The van der Waals surface area contributed by atoms with Gasteiger partial charge in [-0.15, -0.1) is 0 Å². The molecular formula is C6H12NO2+. The van der Waals surface area contributed by atoms with Crippen LogP contribution in [0.25, 0.3) is 0 Å². The molecule has 0 rings (SSSR count). The van der Waals surface area contributed by atoms with Gasteiger partial charge in [0.2, 0.25) is 0 Å². The molecule has 0 saturated carbocycles. The lowest BCUT2D eigenvalue weighted by Crippen LogP contribution is -2.37. The Morgan fingerprint density at radius 3 is 2.44 bits per heavy atom. The third-order valence-corrected chi connectivity index (χ3v) is 0.951. The molecule has 0 spiro atoms. The van der Waals surface area contributed by atoms with E-state index in [1.807, 2.05) is 0 Å². The van der Waals surface area contributed by atoms with Crippen molar-refractivity contribution in [3.63, 3.8) is 0 Å². The van der Waals surface area contributed by atoms with E-state index in [1.165, 1.54) is 7.11 Å². The molecule has 0 amide bonds. The molecule has 3 heteroatoms. The van der Waals surface area contributed by atoms with E-state index in [-0.39, 0.29) is 5.97 Å². The van der Waals surface area contributed by atoms with Crippen LogP contribution in [0, 0.1) is 0 Å². The van der Waals surface area contributed by atoms with Crippen molar-refractivity contribution < 1.29 is 14.9 Å². The molecule has 0 bridgehead atoms. The molecule has 0 radical (unpaired) electrons. The van der Waals surface area contributed by atoms with Crippen molar-refractivity contribution in [2.24, 2.45) is 0 Å². The van der Waals surface area contributed by atoms with Crippen molar-refractivity contribution in [1.29, 1.82) is 0 Å². The molecule has 0 aromatic rings. The van der Waals surface area contributed by atoms with Crippen LogP contribution in [0.5, 0.6) is 0 Å². The summed E-state index contributed by atoms with van der Waals surface area (Å²) in [6.45, 7) is 1.78. The number of hydrogen-bond acceptors (Lipinski definition) is 2. The molecule has 0 aliphatic heterocycles. The first-order valence-electron chi connectivity index (χ1n) is 2.81.